The molecule has 0 unspecified atom stereocenters. The number of methoxy groups -OCH3 is 1. The van der Waals surface area contributed by atoms with Gasteiger partial charge in [0.05, 0.1) is 34.4 Å². The van der Waals surface area contributed by atoms with Crippen LogP contribution in [0.5, 0.6) is 0 Å². The first-order valence-electron chi connectivity index (χ1n) is 6.64. The SMILES string of the molecule is COCCOCCn1c(CCCl)nc2cc(I)c(F)cc21. The number of aryl methyl sites for hydroxylation is 1. The van der Waals surface area contributed by atoms with Crippen molar-refractivity contribution in [3.8, 4) is 0 Å². The third kappa shape index (κ3) is 4.28. The Labute approximate surface area is 141 Å². The molecule has 0 saturated carbocycles. The molecule has 0 amide bonds. The molecule has 0 aliphatic heterocycles. The molecule has 0 radical (unpaired) electrons. The maximum absolute atomic E-state index is 13.8. The Bertz CT molecular complexity index is 606. The first-order valence-corrected chi connectivity index (χ1v) is 8.25. The summed E-state index contributed by atoms with van der Waals surface area (Å²) in [6.45, 7) is 2.25. The topological polar surface area (TPSA) is 36.3 Å². The van der Waals surface area contributed by atoms with Crippen molar-refractivity contribution < 1.29 is 13.9 Å². The molecule has 1 aromatic heterocycles. The molecule has 0 aliphatic rings. The van der Waals surface area contributed by atoms with Gasteiger partial charge in [0, 0.05) is 32.0 Å². The summed E-state index contributed by atoms with van der Waals surface area (Å²) in [6.07, 6.45) is 0.645. The molecule has 2 rings (SSSR count). The lowest BCUT2D eigenvalue weighted by Crippen LogP contribution is -2.12. The minimum Gasteiger partial charge on any atom is -0.382 e. The number of fused-ring (bicyclic) bond motifs is 1. The van der Waals surface area contributed by atoms with Crippen molar-refractivity contribution in [2.24, 2.45) is 0 Å². The van der Waals surface area contributed by atoms with Crippen LogP contribution in [-0.2, 0) is 22.4 Å². The van der Waals surface area contributed by atoms with E-state index < -0.39 is 0 Å². The highest BCUT2D eigenvalue weighted by Crippen LogP contribution is 2.22. The molecule has 0 spiro atoms. The fourth-order valence-electron chi connectivity index (χ4n) is 2.10. The summed E-state index contributed by atoms with van der Waals surface area (Å²) >= 11 is 7.79. The zero-order valence-electron chi connectivity index (χ0n) is 11.7. The lowest BCUT2D eigenvalue weighted by Gasteiger charge is -2.09. The Hall–Kier alpha value is -0.440. The van der Waals surface area contributed by atoms with Gasteiger partial charge in [-0.15, -0.1) is 11.6 Å². The van der Waals surface area contributed by atoms with Crippen LogP contribution >= 0.6 is 34.2 Å². The van der Waals surface area contributed by atoms with E-state index in [0.29, 0.717) is 42.2 Å². The lowest BCUT2D eigenvalue weighted by molar-refractivity contribution is 0.0667. The molecule has 0 aliphatic carbocycles. The Kier molecular flexibility index (Phi) is 6.66. The van der Waals surface area contributed by atoms with E-state index in [1.54, 1.807) is 13.2 Å². The van der Waals surface area contributed by atoms with E-state index in [1.165, 1.54) is 6.07 Å². The Balaban J connectivity index is 2.21. The molecular weight excluding hydrogens is 410 g/mol. The van der Waals surface area contributed by atoms with Gasteiger partial charge in [-0.3, -0.25) is 0 Å². The largest absolute Gasteiger partial charge is 0.382 e. The van der Waals surface area contributed by atoms with Gasteiger partial charge in [0.2, 0.25) is 0 Å². The molecule has 0 atom stereocenters. The second kappa shape index (κ2) is 8.26. The summed E-state index contributed by atoms with van der Waals surface area (Å²) in [5.41, 5.74) is 1.57. The second-order valence-electron chi connectivity index (χ2n) is 4.48. The highest BCUT2D eigenvalue weighted by atomic mass is 127. The fourth-order valence-corrected chi connectivity index (χ4v) is 2.71. The minimum absolute atomic E-state index is 0.234. The molecule has 21 heavy (non-hydrogen) atoms. The molecule has 4 nitrogen and oxygen atoms in total. The summed E-state index contributed by atoms with van der Waals surface area (Å²) in [5.74, 6) is 1.10. The number of hydrogen-bond donors (Lipinski definition) is 0. The van der Waals surface area contributed by atoms with Gasteiger partial charge >= 0.3 is 0 Å². The van der Waals surface area contributed by atoms with Crippen molar-refractivity contribution in [2.45, 2.75) is 13.0 Å². The van der Waals surface area contributed by atoms with Gasteiger partial charge in [-0.25, -0.2) is 9.37 Å². The van der Waals surface area contributed by atoms with Gasteiger partial charge in [-0.05, 0) is 28.7 Å². The number of benzene rings is 1. The summed E-state index contributed by atoms with van der Waals surface area (Å²) in [7, 11) is 1.63. The number of alkyl halides is 1. The molecule has 0 bridgehead atoms. The molecule has 2 aromatic rings. The Morgan fingerprint density at radius 3 is 2.86 bits per heavy atom. The summed E-state index contributed by atoms with van der Waals surface area (Å²) in [5, 5.41) is 0. The van der Waals surface area contributed by atoms with Crippen LogP contribution in [0, 0.1) is 9.39 Å². The van der Waals surface area contributed by atoms with Crippen LogP contribution in [0.1, 0.15) is 5.82 Å². The quantitative estimate of drug-likeness (QED) is 0.369. The van der Waals surface area contributed by atoms with E-state index in [1.807, 2.05) is 27.2 Å². The summed E-state index contributed by atoms with van der Waals surface area (Å²) in [6, 6.07) is 3.28. The Morgan fingerprint density at radius 2 is 2.14 bits per heavy atom. The number of rotatable bonds is 8. The first-order chi connectivity index (χ1) is 10.2. The molecule has 0 saturated heterocycles. The van der Waals surface area contributed by atoms with Crippen LogP contribution < -0.4 is 0 Å². The van der Waals surface area contributed by atoms with Gasteiger partial charge in [0.25, 0.3) is 0 Å². The second-order valence-corrected chi connectivity index (χ2v) is 6.02. The maximum atomic E-state index is 13.8. The van der Waals surface area contributed by atoms with Crippen LogP contribution in [0.4, 0.5) is 4.39 Å². The minimum atomic E-state index is -0.234. The van der Waals surface area contributed by atoms with Crippen molar-refractivity contribution in [3.63, 3.8) is 0 Å². The molecule has 1 aromatic carbocycles. The van der Waals surface area contributed by atoms with Crippen molar-refractivity contribution in [1.29, 1.82) is 0 Å². The standard InChI is InChI=1S/C14H17ClFIN2O2/c1-20-6-7-21-5-4-19-13-8-10(16)11(17)9-12(13)18-14(19)2-3-15/h8-9H,2-7H2,1H3. The molecule has 0 fully saturated rings. The molecule has 7 heteroatoms. The number of ether oxygens (including phenoxy) is 2. The number of halogens is 3. The third-order valence-electron chi connectivity index (χ3n) is 3.08. The first kappa shape index (κ1) is 16.9. The van der Waals surface area contributed by atoms with E-state index in [-0.39, 0.29) is 5.82 Å². The number of hydrogen-bond acceptors (Lipinski definition) is 3. The monoisotopic (exact) mass is 426 g/mol. The van der Waals surface area contributed by atoms with Crippen molar-refractivity contribution in [3.05, 3.63) is 27.3 Å². The number of imidazole rings is 1. The smallest absolute Gasteiger partial charge is 0.138 e. The zero-order chi connectivity index (χ0) is 15.2. The van der Waals surface area contributed by atoms with Crippen LogP contribution in [-0.4, -0.2) is 42.4 Å². The van der Waals surface area contributed by atoms with E-state index in [2.05, 4.69) is 4.98 Å². The van der Waals surface area contributed by atoms with Crippen LogP contribution in [0.15, 0.2) is 12.1 Å². The molecular formula is C14H17ClFIN2O2. The van der Waals surface area contributed by atoms with E-state index in [0.717, 1.165) is 16.9 Å². The maximum Gasteiger partial charge on any atom is 0.138 e. The van der Waals surface area contributed by atoms with E-state index in [4.69, 9.17) is 21.1 Å². The lowest BCUT2D eigenvalue weighted by atomic mass is 10.3. The van der Waals surface area contributed by atoms with Crippen molar-refractivity contribution in [2.75, 3.05) is 32.8 Å². The van der Waals surface area contributed by atoms with Crippen molar-refractivity contribution >= 4 is 45.2 Å². The summed E-state index contributed by atoms with van der Waals surface area (Å²) < 4.78 is 26.7. The van der Waals surface area contributed by atoms with E-state index >= 15 is 0 Å². The molecule has 0 N–H and O–H groups in total. The average molecular weight is 427 g/mol. The van der Waals surface area contributed by atoms with Gasteiger partial charge in [0.1, 0.15) is 11.6 Å². The summed E-state index contributed by atoms with van der Waals surface area (Å²) in [4.78, 5) is 4.55. The van der Waals surface area contributed by atoms with Crippen LogP contribution in [0.2, 0.25) is 0 Å². The van der Waals surface area contributed by atoms with Gasteiger partial charge in [0.15, 0.2) is 0 Å². The average Bonchev–Trinajstić information content (AvgIpc) is 2.77. The zero-order valence-corrected chi connectivity index (χ0v) is 14.7. The van der Waals surface area contributed by atoms with Gasteiger partial charge in [-0.2, -0.15) is 0 Å². The van der Waals surface area contributed by atoms with Crippen LogP contribution in [0.25, 0.3) is 11.0 Å². The predicted molar refractivity (Wildman–Crippen MR) is 89.5 cm³/mol. The number of aromatic nitrogens is 2. The van der Waals surface area contributed by atoms with E-state index in [9.17, 15) is 4.39 Å². The highest BCUT2D eigenvalue weighted by Gasteiger charge is 2.13. The highest BCUT2D eigenvalue weighted by molar-refractivity contribution is 14.1. The molecule has 116 valence electrons. The predicted octanol–water partition coefficient (Wildman–Crippen LogP) is 3.22. The molecule has 1 heterocycles. The third-order valence-corrected chi connectivity index (χ3v) is 4.09. The normalized spacial score (nSPS) is 11.4. The Morgan fingerprint density at radius 1 is 1.33 bits per heavy atom. The van der Waals surface area contributed by atoms with Gasteiger partial charge in [-0.1, -0.05) is 0 Å². The van der Waals surface area contributed by atoms with Gasteiger partial charge < -0.3 is 14.0 Å². The van der Waals surface area contributed by atoms with Crippen molar-refractivity contribution in [1.82, 2.24) is 9.55 Å². The number of nitrogens with zero attached hydrogens (tertiary/aromatic N) is 2. The fraction of sp³-hybridized carbons (Fsp3) is 0.500. The van der Waals surface area contributed by atoms with Crippen LogP contribution in [0.3, 0.4) is 0 Å².